The molecule has 0 saturated heterocycles. The Kier molecular flexibility index (Phi) is 11.8. The summed E-state index contributed by atoms with van der Waals surface area (Å²) in [4.78, 5) is 6.10. The topological polar surface area (TPSA) is 24.8 Å². The summed E-state index contributed by atoms with van der Waals surface area (Å²) in [6.07, 6.45) is 11.4. The number of aryl methyl sites for hydroxylation is 1. The van der Waals surface area contributed by atoms with Gasteiger partial charge in [-0.25, -0.2) is 13.8 Å². The number of benzene rings is 1. The SMILES string of the molecule is C#C.CC.COC(C)=N/C=C\Cc1cc2c(cc1C(F)F)N(C)CCC2. The third kappa shape index (κ3) is 6.87. The smallest absolute Gasteiger partial charge is 0.264 e. The van der Waals surface area contributed by atoms with E-state index in [0.29, 0.717) is 17.9 Å². The lowest BCUT2D eigenvalue weighted by molar-refractivity contribution is 0.150. The number of fused-ring (bicyclic) bond motifs is 1. The molecule has 0 N–H and O–H groups in total. The molecule has 0 unspecified atom stereocenters. The molecule has 1 heterocycles. The summed E-state index contributed by atoms with van der Waals surface area (Å²) in [5.74, 6) is 0.539. The zero-order valence-corrected chi connectivity index (χ0v) is 16.4. The van der Waals surface area contributed by atoms with E-state index in [-0.39, 0.29) is 5.56 Å². The van der Waals surface area contributed by atoms with Crippen LogP contribution in [-0.4, -0.2) is 26.6 Å². The highest BCUT2D eigenvalue weighted by Crippen LogP contribution is 2.34. The van der Waals surface area contributed by atoms with Crippen molar-refractivity contribution in [1.29, 1.82) is 0 Å². The Hall–Kier alpha value is -2.35. The van der Waals surface area contributed by atoms with E-state index in [1.807, 2.05) is 27.0 Å². The standard InChI is InChI=1S/C17H22F2N2O.C2H6.C2H2/c1-12(22-3)20-8-4-6-13-10-14-7-5-9-21(2)16(14)11-15(13)17(18)19;2*1-2/h4,8,10-11,17H,5-7,9H2,1-3H3;1-2H3;1-2H/b8-4-,20-12?;;. The van der Waals surface area contributed by atoms with Crippen LogP contribution in [-0.2, 0) is 17.6 Å². The van der Waals surface area contributed by atoms with Crippen molar-refractivity contribution < 1.29 is 13.5 Å². The third-order valence-electron chi connectivity index (χ3n) is 3.92. The van der Waals surface area contributed by atoms with E-state index in [0.717, 1.165) is 30.6 Å². The second-order valence-electron chi connectivity index (χ2n) is 5.45. The minimum Gasteiger partial charge on any atom is -0.484 e. The number of halogens is 2. The number of nitrogens with zero attached hydrogens (tertiary/aromatic N) is 2. The number of allylic oxidation sites excluding steroid dienone is 1. The van der Waals surface area contributed by atoms with E-state index in [4.69, 9.17) is 4.74 Å². The van der Waals surface area contributed by atoms with Crippen molar-refractivity contribution >= 4 is 11.6 Å². The minimum atomic E-state index is -2.46. The van der Waals surface area contributed by atoms with Crippen molar-refractivity contribution in [3.63, 3.8) is 0 Å². The van der Waals surface area contributed by atoms with E-state index in [9.17, 15) is 8.78 Å². The highest BCUT2D eigenvalue weighted by molar-refractivity contribution is 5.73. The normalized spacial score (nSPS) is 13.5. The Morgan fingerprint density at radius 1 is 1.35 bits per heavy atom. The number of aliphatic imine (C=N–C) groups is 1. The molecular formula is C21H30F2N2O. The number of anilines is 1. The Labute approximate surface area is 156 Å². The molecule has 0 aliphatic carbocycles. The van der Waals surface area contributed by atoms with Crippen LogP contribution in [0, 0.1) is 12.8 Å². The third-order valence-corrected chi connectivity index (χ3v) is 3.92. The molecule has 0 fully saturated rings. The Morgan fingerprint density at radius 3 is 2.58 bits per heavy atom. The maximum Gasteiger partial charge on any atom is 0.264 e. The molecule has 0 spiro atoms. The monoisotopic (exact) mass is 364 g/mol. The van der Waals surface area contributed by atoms with Gasteiger partial charge in [-0.2, -0.15) is 0 Å². The van der Waals surface area contributed by atoms with Gasteiger partial charge in [-0.3, -0.25) is 0 Å². The van der Waals surface area contributed by atoms with Crippen LogP contribution in [0.25, 0.3) is 0 Å². The van der Waals surface area contributed by atoms with Gasteiger partial charge in [-0.1, -0.05) is 26.0 Å². The molecule has 2 rings (SSSR count). The summed E-state index contributed by atoms with van der Waals surface area (Å²) >= 11 is 0. The predicted molar refractivity (Wildman–Crippen MR) is 107 cm³/mol. The van der Waals surface area contributed by atoms with Crippen LogP contribution < -0.4 is 4.90 Å². The van der Waals surface area contributed by atoms with E-state index < -0.39 is 6.43 Å². The number of hydrogen-bond acceptors (Lipinski definition) is 3. The van der Waals surface area contributed by atoms with Gasteiger partial charge >= 0.3 is 0 Å². The summed E-state index contributed by atoms with van der Waals surface area (Å²) in [5.41, 5.74) is 2.87. The first kappa shape index (κ1) is 23.7. The molecular weight excluding hydrogens is 334 g/mol. The Bertz CT molecular complexity index is 622. The fraction of sp³-hybridized carbons (Fsp3) is 0.476. The lowest BCUT2D eigenvalue weighted by atomic mass is 9.94. The molecule has 1 aromatic carbocycles. The van der Waals surface area contributed by atoms with Gasteiger partial charge in [0.2, 0.25) is 0 Å². The van der Waals surface area contributed by atoms with Crippen molar-refractivity contribution in [3.05, 3.63) is 41.1 Å². The summed E-state index contributed by atoms with van der Waals surface area (Å²) in [6.45, 7) is 6.66. The first-order valence-electron chi connectivity index (χ1n) is 8.74. The summed E-state index contributed by atoms with van der Waals surface area (Å²) in [6, 6.07) is 3.57. The highest BCUT2D eigenvalue weighted by atomic mass is 19.3. The number of hydrogen-bond donors (Lipinski definition) is 0. The van der Waals surface area contributed by atoms with Gasteiger partial charge < -0.3 is 9.64 Å². The zero-order chi connectivity index (χ0) is 20.1. The molecule has 0 saturated carbocycles. The molecule has 0 radical (unpaired) electrons. The van der Waals surface area contributed by atoms with Crippen LogP contribution in [0.15, 0.2) is 29.4 Å². The van der Waals surface area contributed by atoms with Crippen molar-refractivity contribution in [2.45, 2.75) is 46.5 Å². The number of alkyl halides is 2. The van der Waals surface area contributed by atoms with E-state index >= 15 is 0 Å². The molecule has 0 atom stereocenters. The van der Waals surface area contributed by atoms with Crippen molar-refractivity contribution in [1.82, 2.24) is 0 Å². The number of rotatable bonds is 4. The van der Waals surface area contributed by atoms with Gasteiger partial charge in [0.1, 0.15) is 0 Å². The molecule has 144 valence electrons. The molecule has 3 nitrogen and oxygen atoms in total. The molecule has 0 bridgehead atoms. The quantitative estimate of drug-likeness (QED) is 0.406. The largest absolute Gasteiger partial charge is 0.484 e. The van der Waals surface area contributed by atoms with E-state index in [2.05, 4.69) is 22.7 Å². The first-order valence-corrected chi connectivity index (χ1v) is 8.74. The van der Waals surface area contributed by atoms with Gasteiger partial charge in [-0.15, -0.1) is 12.8 Å². The molecule has 0 aromatic heterocycles. The fourth-order valence-electron chi connectivity index (χ4n) is 2.65. The number of methoxy groups -OCH3 is 1. The van der Waals surface area contributed by atoms with Crippen LogP contribution in [0.5, 0.6) is 0 Å². The average molecular weight is 364 g/mol. The summed E-state index contributed by atoms with van der Waals surface area (Å²) in [7, 11) is 3.50. The lowest BCUT2D eigenvalue weighted by Crippen LogP contribution is -2.25. The maximum absolute atomic E-state index is 13.3. The number of terminal acetylenes is 1. The first-order chi connectivity index (χ1) is 12.5. The van der Waals surface area contributed by atoms with E-state index in [1.165, 1.54) is 0 Å². The average Bonchev–Trinajstić information content (AvgIpc) is 2.67. The predicted octanol–water partition coefficient (Wildman–Crippen LogP) is 5.40. The van der Waals surface area contributed by atoms with Crippen LogP contribution in [0.3, 0.4) is 0 Å². The van der Waals surface area contributed by atoms with E-state index in [1.54, 1.807) is 32.4 Å². The molecule has 1 aliphatic heterocycles. The van der Waals surface area contributed by atoms with Gasteiger partial charge in [-0.05, 0) is 36.5 Å². The molecule has 1 aromatic rings. The van der Waals surface area contributed by atoms with Crippen LogP contribution in [0.2, 0.25) is 0 Å². The summed E-state index contributed by atoms with van der Waals surface area (Å²) in [5, 5.41) is 0. The van der Waals surface area contributed by atoms with Gasteiger partial charge in [0, 0.05) is 38.0 Å². The maximum atomic E-state index is 13.3. The van der Waals surface area contributed by atoms with Crippen LogP contribution in [0.4, 0.5) is 14.5 Å². The second-order valence-corrected chi connectivity index (χ2v) is 5.45. The van der Waals surface area contributed by atoms with Gasteiger partial charge in [0.15, 0.2) is 5.90 Å². The highest BCUT2D eigenvalue weighted by Gasteiger charge is 2.20. The van der Waals surface area contributed by atoms with Crippen molar-refractivity contribution in [3.8, 4) is 12.8 Å². The van der Waals surface area contributed by atoms with Crippen LogP contribution in [0.1, 0.15) is 50.3 Å². The van der Waals surface area contributed by atoms with Crippen molar-refractivity contribution in [2.24, 2.45) is 4.99 Å². The lowest BCUT2D eigenvalue weighted by Gasteiger charge is -2.29. The zero-order valence-electron chi connectivity index (χ0n) is 16.4. The van der Waals surface area contributed by atoms with Crippen LogP contribution >= 0.6 is 0 Å². The van der Waals surface area contributed by atoms with Crippen molar-refractivity contribution in [2.75, 3.05) is 25.6 Å². The summed E-state index contributed by atoms with van der Waals surface area (Å²) < 4.78 is 31.6. The number of ether oxygens (including phenoxy) is 1. The fourth-order valence-corrected chi connectivity index (χ4v) is 2.65. The Morgan fingerprint density at radius 2 is 2.00 bits per heavy atom. The minimum absolute atomic E-state index is 0.115. The Balaban J connectivity index is 0.00000146. The second kappa shape index (κ2) is 12.9. The molecule has 26 heavy (non-hydrogen) atoms. The molecule has 0 amide bonds. The van der Waals surface area contributed by atoms with Gasteiger partial charge in [0.25, 0.3) is 6.43 Å². The molecule has 5 heteroatoms. The van der Waals surface area contributed by atoms with Gasteiger partial charge in [0.05, 0.1) is 7.11 Å². The molecule has 1 aliphatic rings.